The molecule has 1 aromatic heterocycles. The van der Waals surface area contributed by atoms with Crippen LogP contribution in [-0.2, 0) is 16.6 Å². The van der Waals surface area contributed by atoms with E-state index in [9.17, 15) is 13.2 Å². The number of hydrogen-bond acceptors (Lipinski definition) is 6. The number of nitrogens with two attached hydrogens (primary N) is 1. The van der Waals surface area contributed by atoms with Crippen LogP contribution in [0, 0.1) is 0 Å². The zero-order chi connectivity index (χ0) is 15.5. The van der Waals surface area contributed by atoms with Crippen molar-refractivity contribution in [2.75, 3.05) is 18.8 Å². The Balaban J connectivity index is 0.00000242. The third kappa shape index (κ3) is 4.63. The minimum Gasteiger partial charge on any atom is -0.348 e. The van der Waals surface area contributed by atoms with E-state index >= 15 is 0 Å². The molecule has 22 heavy (non-hydrogen) atoms. The number of hydrogen-bond donors (Lipinski definition) is 2. The summed E-state index contributed by atoms with van der Waals surface area (Å²) in [7, 11) is -3.13. The summed E-state index contributed by atoms with van der Waals surface area (Å²) >= 11 is 1.36. The number of halogens is 1. The Hall–Kier alpha value is -0.740. The van der Waals surface area contributed by atoms with Crippen LogP contribution in [-0.4, -0.2) is 48.5 Å². The van der Waals surface area contributed by atoms with Crippen LogP contribution in [0.2, 0.25) is 0 Å². The van der Waals surface area contributed by atoms with Gasteiger partial charge in [0.05, 0.1) is 5.75 Å². The van der Waals surface area contributed by atoms with Gasteiger partial charge in [0.15, 0.2) is 0 Å². The molecular weight excluding hydrogens is 348 g/mol. The van der Waals surface area contributed by atoms with Crippen molar-refractivity contribution in [2.45, 2.75) is 32.4 Å². The van der Waals surface area contributed by atoms with Crippen molar-refractivity contribution in [3.8, 4) is 0 Å². The molecule has 0 radical (unpaired) electrons. The van der Waals surface area contributed by atoms with E-state index in [-0.39, 0.29) is 30.1 Å². The smallest absolute Gasteiger partial charge is 0.270 e. The maximum atomic E-state index is 12.0. The van der Waals surface area contributed by atoms with Crippen LogP contribution in [0.15, 0.2) is 5.38 Å². The van der Waals surface area contributed by atoms with E-state index in [1.165, 1.54) is 15.6 Å². The van der Waals surface area contributed by atoms with Crippen LogP contribution in [0.25, 0.3) is 0 Å². The minimum atomic E-state index is -3.13. The largest absolute Gasteiger partial charge is 0.348 e. The Labute approximate surface area is 140 Å². The van der Waals surface area contributed by atoms with E-state index < -0.39 is 10.0 Å². The molecule has 1 saturated heterocycles. The zero-order valence-electron chi connectivity index (χ0n) is 12.3. The quantitative estimate of drug-likeness (QED) is 0.790. The van der Waals surface area contributed by atoms with Crippen LogP contribution in [0.1, 0.15) is 35.3 Å². The van der Waals surface area contributed by atoms with E-state index in [1.807, 2.05) is 0 Å². The molecular formula is C12H21ClN4O3S2. The number of piperidine rings is 1. The molecule has 1 fully saturated rings. The molecule has 7 nitrogen and oxygen atoms in total. The summed E-state index contributed by atoms with van der Waals surface area (Å²) in [6.45, 7) is 2.87. The lowest BCUT2D eigenvalue weighted by atomic mass is 10.1. The monoisotopic (exact) mass is 368 g/mol. The Morgan fingerprint density at radius 3 is 2.64 bits per heavy atom. The van der Waals surface area contributed by atoms with Crippen molar-refractivity contribution in [1.29, 1.82) is 0 Å². The first kappa shape index (κ1) is 19.3. The Bertz CT molecular complexity index is 597. The zero-order valence-corrected chi connectivity index (χ0v) is 14.8. The van der Waals surface area contributed by atoms with Crippen molar-refractivity contribution >= 4 is 39.7 Å². The first-order valence-electron chi connectivity index (χ1n) is 6.89. The molecule has 3 N–H and O–H groups in total. The number of nitrogens with one attached hydrogen (secondary N) is 1. The Kier molecular flexibility index (Phi) is 7.20. The SMILES string of the molecule is CCS(=O)(=O)N1CCC(NC(=O)c2csc(CN)n2)CC1.Cl. The Morgan fingerprint density at radius 2 is 2.14 bits per heavy atom. The molecule has 1 aliphatic rings. The highest BCUT2D eigenvalue weighted by Crippen LogP contribution is 2.15. The van der Waals surface area contributed by atoms with Gasteiger partial charge in [0.25, 0.3) is 5.91 Å². The van der Waals surface area contributed by atoms with Crippen molar-refractivity contribution in [3.63, 3.8) is 0 Å². The molecule has 1 aliphatic heterocycles. The number of amides is 1. The summed E-state index contributed by atoms with van der Waals surface area (Å²) in [5.41, 5.74) is 5.85. The number of rotatable bonds is 5. The fourth-order valence-corrected chi connectivity index (χ4v) is 4.02. The molecule has 1 aromatic rings. The van der Waals surface area contributed by atoms with Gasteiger partial charge in [0, 0.05) is 31.1 Å². The predicted molar refractivity (Wildman–Crippen MR) is 88.8 cm³/mol. The maximum absolute atomic E-state index is 12.0. The highest BCUT2D eigenvalue weighted by molar-refractivity contribution is 7.89. The Morgan fingerprint density at radius 1 is 1.50 bits per heavy atom. The molecule has 0 unspecified atom stereocenters. The summed E-state index contributed by atoms with van der Waals surface area (Å²) < 4.78 is 25.0. The summed E-state index contributed by atoms with van der Waals surface area (Å²) in [4.78, 5) is 16.2. The van der Waals surface area contributed by atoms with E-state index in [0.717, 1.165) is 5.01 Å². The van der Waals surface area contributed by atoms with Gasteiger partial charge < -0.3 is 11.1 Å². The predicted octanol–water partition coefficient (Wildman–Crippen LogP) is 0.567. The molecule has 0 aromatic carbocycles. The van der Waals surface area contributed by atoms with E-state index in [0.29, 0.717) is 38.2 Å². The summed E-state index contributed by atoms with van der Waals surface area (Å²) in [6, 6.07) is -0.0103. The summed E-state index contributed by atoms with van der Waals surface area (Å²) in [5, 5.41) is 5.32. The molecule has 0 atom stereocenters. The highest BCUT2D eigenvalue weighted by atomic mass is 35.5. The van der Waals surface area contributed by atoms with Crippen LogP contribution in [0.3, 0.4) is 0 Å². The number of sulfonamides is 1. The van der Waals surface area contributed by atoms with Gasteiger partial charge in [-0.05, 0) is 19.8 Å². The van der Waals surface area contributed by atoms with Crippen LogP contribution < -0.4 is 11.1 Å². The van der Waals surface area contributed by atoms with E-state index in [4.69, 9.17) is 5.73 Å². The van der Waals surface area contributed by atoms with Crippen molar-refractivity contribution in [2.24, 2.45) is 5.73 Å². The fourth-order valence-electron chi connectivity index (χ4n) is 2.23. The second-order valence-electron chi connectivity index (χ2n) is 4.88. The third-order valence-electron chi connectivity index (χ3n) is 3.51. The first-order valence-corrected chi connectivity index (χ1v) is 9.38. The van der Waals surface area contributed by atoms with Gasteiger partial charge in [0.2, 0.25) is 10.0 Å². The second-order valence-corrected chi connectivity index (χ2v) is 8.08. The van der Waals surface area contributed by atoms with Gasteiger partial charge in [-0.25, -0.2) is 17.7 Å². The molecule has 126 valence electrons. The lowest BCUT2D eigenvalue weighted by Crippen LogP contribution is -2.46. The average molecular weight is 369 g/mol. The molecule has 0 spiro atoms. The molecule has 10 heteroatoms. The molecule has 0 bridgehead atoms. The molecule has 2 heterocycles. The molecule has 1 amide bonds. The summed E-state index contributed by atoms with van der Waals surface area (Å²) in [6.07, 6.45) is 1.25. The maximum Gasteiger partial charge on any atom is 0.270 e. The third-order valence-corrected chi connectivity index (χ3v) is 6.26. The average Bonchev–Trinajstić information content (AvgIpc) is 2.97. The van der Waals surface area contributed by atoms with Crippen molar-refractivity contribution in [3.05, 3.63) is 16.1 Å². The van der Waals surface area contributed by atoms with Crippen LogP contribution >= 0.6 is 23.7 Å². The lowest BCUT2D eigenvalue weighted by molar-refractivity contribution is 0.0919. The fraction of sp³-hybridized carbons (Fsp3) is 0.667. The first-order chi connectivity index (χ1) is 9.96. The molecule has 0 aliphatic carbocycles. The van der Waals surface area contributed by atoms with Gasteiger partial charge in [0.1, 0.15) is 10.7 Å². The van der Waals surface area contributed by atoms with Gasteiger partial charge in [-0.1, -0.05) is 0 Å². The van der Waals surface area contributed by atoms with Crippen molar-refractivity contribution < 1.29 is 13.2 Å². The number of carbonyl (C=O) groups excluding carboxylic acids is 1. The number of aromatic nitrogens is 1. The van der Waals surface area contributed by atoms with Gasteiger partial charge >= 0.3 is 0 Å². The highest BCUT2D eigenvalue weighted by Gasteiger charge is 2.27. The molecule has 0 saturated carbocycles. The topological polar surface area (TPSA) is 105 Å². The van der Waals surface area contributed by atoms with Gasteiger partial charge in [-0.15, -0.1) is 23.7 Å². The number of thiazole rings is 1. The standard InChI is InChI=1S/C12H20N4O3S2.ClH/c1-2-21(18,19)16-5-3-9(4-6-16)14-12(17)10-8-20-11(7-13)15-10;/h8-9H,2-7,13H2,1H3,(H,14,17);1H. The number of carbonyl (C=O) groups is 1. The summed E-state index contributed by atoms with van der Waals surface area (Å²) in [5.74, 6) is -0.104. The normalized spacial score (nSPS) is 17.0. The van der Waals surface area contributed by atoms with Crippen LogP contribution in [0.4, 0.5) is 0 Å². The minimum absolute atomic E-state index is 0. The second kappa shape index (κ2) is 8.21. The van der Waals surface area contributed by atoms with Gasteiger partial charge in [-0.2, -0.15) is 0 Å². The number of nitrogens with zero attached hydrogens (tertiary/aromatic N) is 2. The van der Waals surface area contributed by atoms with Crippen molar-refractivity contribution in [1.82, 2.24) is 14.6 Å². The van der Waals surface area contributed by atoms with E-state index in [2.05, 4.69) is 10.3 Å². The molecule has 2 rings (SSSR count). The lowest BCUT2D eigenvalue weighted by Gasteiger charge is -2.31. The van der Waals surface area contributed by atoms with Crippen LogP contribution in [0.5, 0.6) is 0 Å². The van der Waals surface area contributed by atoms with E-state index in [1.54, 1.807) is 12.3 Å². The van der Waals surface area contributed by atoms with Gasteiger partial charge in [-0.3, -0.25) is 4.79 Å².